The fourth-order valence-corrected chi connectivity index (χ4v) is 4.97. The van der Waals surface area contributed by atoms with Crippen LogP contribution in [0, 0.1) is 6.92 Å². The zero-order valence-corrected chi connectivity index (χ0v) is 20.0. The first-order chi connectivity index (χ1) is 15.5. The summed E-state index contributed by atoms with van der Waals surface area (Å²) in [7, 11) is 0. The molecule has 4 rings (SSSR count). The van der Waals surface area contributed by atoms with Crippen LogP contribution in [0.1, 0.15) is 17.4 Å². The number of aromatic nitrogens is 4. The molecule has 0 aliphatic carbocycles. The van der Waals surface area contributed by atoms with Gasteiger partial charge in [-0.3, -0.25) is 14.3 Å². The first-order valence-corrected chi connectivity index (χ1v) is 12.3. The number of hydrogen-bond donors (Lipinski definition) is 1. The molecule has 1 unspecified atom stereocenters. The Morgan fingerprint density at radius 1 is 1.19 bits per heavy atom. The monoisotopic (exact) mass is 483 g/mol. The van der Waals surface area contributed by atoms with E-state index in [0.717, 1.165) is 23.2 Å². The number of amides is 1. The molecule has 0 fully saturated rings. The summed E-state index contributed by atoms with van der Waals surface area (Å²) in [6.07, 6.45) is 4.26. The van der Waals surface area contributed by atoms with Gasteiger partial charge in [-0.1, -0.05) is 35.5 Å². The minimum absolute atomic E-state index is 0.0330. The second-order valence-electron chi connectivity index (χ2n) is 7.14. The summed E-state index contributed by atoms with van der Waals surface area (Å²) in [6, 6.07) is 13.6. The van der Waals surface area contributed by atoms with Crippen molar-refractivity contribution in [2.24, 2.45) is 0 Å². The number of nitrogens with zero attached hydrogens (tertiary/aromatic N) is 4. The van der Waals surface area contributed by atoms with E-state index >= 15 is 0 Å². The summed E-state index contributed by atoms with van der Waals surface area (Å²) in [5.74, 6) is 0.639. The molecule has 0 aliphatic rings. The van der Waals surface area contributed by atoms with Crippen LogP contribution in [0.25, 0.3) is 17.1 Å². The highest BCUT2D eigenvalue weighted by atomic mass is 35.5. The average molecular weight is 484 g/mol. The van der Waals surface area contributed by atoms with Crippen molar-refractivity contribution in [3.05, 3.63) is 75.7 Å². The maximum absolute atomic E-state index is 12.7. The van der Waals surface area contributed by atoms with E-state index in [4.69, 9.17) is 11.6 Å². The van der Waals surface area contributed by atoms with Gasteiger partial charge in [0.05, 0.1) is 10.9 Å². The second kappa shape index (κ2) is 10.3. The lowest BCUT2D eigenvalue weighted by atomic mass is 10.2. The summed E-state index contributed by atoms with van der Waals surface area (Å²) in [6.45, 7) is 4.44. The number of hydrogen-bond acceptors (Lipinski definition) is 6. The summed E-state index contributed by atoms with van der Waals surface area (Å²) in [5.41, 5.74) is 2.67. The third-order valence-electron chi connectivity index (χ3n) is 4.95. The van der Waals surface area contributed by atoms with Gasteiger partial charge in [-0.25, -0.2) is 0 Å². The van der Waals surface area contributed by atoms with E-state index in [1.807, 2.05) is 60.2 Å². The second-order valence-corrected chi connectivity index (χ2v) is 9.89. The van der Waals surface area contributed by atoms with E-state index in [1.165, 1.54) is 16.6 Å². The van der Waals surface area contributed by atoms with Crippen molar-refractivity contribution in [3.63, 3.8) is 0 Å². The fraction of sp³-hybridized carbons (Fsp3) is 0.217. The molecule has 4 aromatic rings. The Morgan fingerprint density at radius 2 is 2.00 bits per heavy atom. The molecule has 0 aliphatic heterocycles. The van der Waals surface area contributed by atoms with E-state index in [9.17, 15) is 4.79 Å². The third-order valence-corrected chi connectivity index (χ3v) is 7.34. The molecule has 0 spiro atoms. The molecule has 0 bridgehead atoms. The normalized spacial score (nSPS) is 12.0. The molecule has 6 nitrogen and oxygen atoms in total. The van der Waals surface area contributed by atoms with E-state index in [1.54, 1.807) is 23.7 Å². The van der Waals surface area contributed by atoms with E-state index in [0.29, 0.717) is 22.5 Å². The molecule has 0 saturated carbocycles. The average Bonchev–Trinajstić information content (AvgIpc) is 3.46. The molecule has 164 valence electrons. The number of rotatable bonds is 8. The minimum Gasteiger partial charge on any atom is -0.355 e. The van der Waals surface area contributed by atoms with Crippen LogP contribution in [0.15, 0.2) is 65.4 Å². The van der Waals surface area contributed by atoms with Crippen molar-refractivity contribution in [1.29, 1.82) is 0 Å². The number of halogens is 1. The highest BCUT2D eigenvalue weighted by molar-refractivity contribution is 8.00. The highest BCUT2D eigenvalue weighted by Crippen LogP contribution is 2.33. The van der Waals surface area contributed by atoms with Gasteiger partial charge in [0.2, 0.25) is 5.91 Å². The Bertz CT molecular complexity index is 1190. The molecular formula is C23H22ClN5OS2. The molecule has 9 heteroatoms. The zero-order valence-electron chi connectivity index (χ0n) is 17.7. The van der Waals surface area contributed by atoms with Gasteiger partial charge >= 0.3 is 0 Å². The summed E-state index contributed by atoms with van der Waals surface area (Å²) in [4.78, 5) is 18.1. The van der Waals surface area contributed by atoms with E-state index < -0.39 is 0 Å². The molecule has 0 radical (unpaired) electrons. The predicted octanol–water partition coefficient (Wildman–Crippen LogP) is 5.19. The molecular weight excluding hydrogens is 462 g/mol. The lowest BCUT2D eigenvalue weighted by Crippen LogP contribution is -2.32. The molecule has 1 atom stereocenters. The number of nitrogens with one attached hydrogen (secondary N) is 1. The van der Waals surface area contributed by atoms with Crippen LogP contribution < -0.4 is 5.32 Å². The van der Waals surface area contributed by atoms with Gasteiger partial charge in [0.15, 0.2) is 11.0 Å². The Hall–Kier alpha value is -2.68. The topological polar surface area (TPSA) is 72.7 Å². The minimum atomic E-state index is -0.342. The third kappa shape index (κ3) is 5.03. The lowest BCUT2D eigenvalue weighted by Gasteiger charge is -2.16. The van der Waals surface area contributed by atoms with Gasteiger partial charge in [-0.15, -0.1) is 21.5 Å². The molecule has 0 saturated heterocycles. The van der Waals surface area contributed by atoms with Crippen molar-refractivity contribution >= 4 is 40.6 Å². The summed E-state index contributed by atoms with van der Waals surface area (Å²) in [5, 5.41) is 14.9. The van der Waals surface area contributed by atoms with Crippen LogP contribution in [0.4, 0.5) is 0 Å². The maximum atomic E-state index is 12.7. The predicted molar refractivity (Wildman–Crippen MR) is 131 cm³/mol. The molecule has 32 heavy (non-hydrogen) atoms. The van der Waals surface area contributed by atoms with E-state index in [2.05, 4.69) is 26.6 Å². The van der Waals surface area contributed by atoms with Crippen molar-refractivity contribution < 1.29 is 4.79 Å². The Morgan fingerprint density at radius 3 is 2.75 bits per heavy atom. The summed E-state index contributed by atoms with van der Waals surface area (Å²) < 4.78 is 1.96. The van der Waals surface area contributed by atoms with E-state index in [-0.39, 0.29) is 11.2 Å². The van der Waals surface area contributed by atoms with Crippen LogP contribution in [0.5, 0.6) is 0 Å². The lowest BCUT2D eigenvalue weighted by molar-refractivity contribution is -0.120. The van der Waals surface area contributed by atoms with Crippen LogP contribution in [0.2, 0.25) is 5.02 Å². The van der Waals surface area contributed by atoms with Crippen LogP contribution >= 0.6 is 34.7 Å². The van der Waals surface area contributed by atoms with Crippen LogP contribution in [-0.2, 0) is 11.2 Å². The van der Waals surface area contributed by atoms with Gasteiger partial charge in [0, 0.05) is 34.4 Å². The molecule has 3 heterocycles. The molecule has 1 amide bonds. The number of thiophene rings is 1. The summed E-state index contributed by atoms with van der Waals surface area (Å²) >= 11 is 9.47. The Labute approximate surface area is 200 Å². The van der Waals surface area contributed by atoms with Crippen molar-refractivity contribution in [3.8, 4) is 17.1 Å². The largest absolute Gasteiger partial charge is 0.355 e. The Kier molecular flexibility index (Phi) is 7.24. The maximum Gasteiger partial charge on any atom is 0.233 e. The van der Waals surface area contributed by atoms with Crippen LogP contribution in [0.3, 0.4) is 0 Å². The van der Waals surface area contributed by atoms with Gasteiger partial charge in [-0.05, 0) is 61.5 Å². The van der Waals surface area contributed by atoms with Crippen molar-refractivity contribution in [2.45, 2.75) is 30.7 Å². The molecule has 3 aromatic heterocycles. The standard InChI is InChI=1S/C23H22ClN5OS2/c1-15-19(24)6-3-7-20(15)29-21(17-8-11-25-12-9-17)27-28-23(29)32-16(2)22(30)26-13-10-18-5-4-14-31-18/h3-9,11-12,14,16H,10,13H2,1-2H3,(H,26,30). The van der Waals surface area contributed by atoms with Crippen LogP contribution in [-0.4, -0.2) is 37.5 Å². The first kappa shape index (κ1) is 22.5. The first-order valence-electron chi connectivity index (χ1n) is 10.1. The SMILES string of the molecule is Cc1c(Cl)cccc1-n1c(SC(C)C(=O)NCCc2cccs2)nnc1-c1ccncc1. The number of carbonyl (C=O) groups excluding carboxylic acids is 1. The molecule has 1 aromatic carbocycles. The number of benzene rings is 1. The smallest absolute Gasteiger partial charge is 0.233 e. The van der Waals surface area contributed by atoms with Gasteiger partial charge in [0.1, 0.15) is 0 Å². The quantitative estimate of drug-likeness (QED) is 0.349. The molecule has 1 N–H and O–H groups in total. The van der Waals surface area contributed by atoms with Gasteiger partial charge in [0.25, 0.3) is 0 Å². The number of carbonyl (C=O) groups is 1. The Balaban J connectivity index is 1.59. The highest BCUT2D eigenvalue weighted by Gasteiger charge is 2.23. The fourth-order valence-electron chi connectivity index (χ4n) is 3.21. The van der Waals surface area contributed by atoms with Crippen molar-refractivity contribution in [2.75, 3.05) is 6.54 Å². The number of thioether (sulfide) groups is 1. The van der Waals surface area contributed by atoms with Gasteiger partial charge < -0.3 is 5.32 Å². The zero-order chi connectivity index (χ0) is 22.5. The van der Waals surface area contributed by atoms with Gasteiger partial charge in [-0.2, -0.15) is 0 Å². The van der Waals surface area contributed by atoms with Crippen molar-refractivity contribution in [1.82, 2.24) is 25.1 Å². The number of pyridine rings is 1.